The molecule has 3 saturated heterocycles. The molecule has 0 amide bonds. The third kappa shape index (κ3) is 1.80. The molecule has 1 atom stereocenters. The molecule has 0 radical (unpaired) electrons. The second-order valence-corrected chi connectivity index (χ2v) is 5.25. The van der Waals surface area contributed by atoms with Crippen molar-refractivity contribution in [2.45, 2.75) is 19.0 Å². The predicted molar refractivity (Wildman–Crippen MR) is 61.8 cm³/mol. The van der Waals surface area contributed by atoms with Gasteiger partial charge in [0.15, 0.2) is 0 Å². The van der Waals surface area contributed by atoms with Gasteiger partial charge in [-0.3, -0.25) is 0 Å². The lowest BCUT2D eigenvalue weighted by Crippen LogP contribution is -2.53. The fraction of sp³-hybridized carbons (Fsp3) is 0.500. The lowest BCUT2D eigenvalue weighted by molar-refractivity contribution is -0.461. The van der Waals surface area contributed by atoms with Crippen molar-refractivity contribution in [2.24, 2.45) is 5.92 Å². The maximum Gasteiger partial charge on any atom is 0.280 e. The predicted octanol–water partition coefficient (Wildman–Crippen LogP) is 2.86. The first-order valence-corrected chi connectivity index (χ1v) is 6.17. The summed E-state index contributed by atoms with van der Waals surface area (Å²) >= 11 is 3.43. The Kier molecular flexibility index (Phi) is 2.55. The molecule has 3 fully saturated rings. The van der Waals surface area contributed by atoms with Crippen molar-refractivity contribution in [3.63, 3.8) is 0 Å². The fourth-order valence-corrected chi connectivity index (χ4v) is 2.43. The second kappa shape index (κ2) is 3.81. The highest BCUT2D eigenvalue weighted by atomic mass is 79.9. The zero-order chi connectivity index (χ0) is 11.2. The van der Waals surface area contributed by atoms with Crippen molar-refractivity contribution in [3.8, 4) is 0 Å². The van der Waals surface area contributed by atoms with Crippen molar-refractivity contribution < 1.29 is 14.2 Å². The van der Waals surface area contributed by atoms with E-state index in [0.717, 1.165) is 4.47 Å². The van der Waals surface area contributed by atoms with Gasteiger partial charge < -0.3 is 14.2 Å². The summed E-state index contributed by atoms with van der Waals surface area (Å²) < 4.78 is 17.9. The fourth-order valence-electron chi connectivity index (χ4n) is 2.17. The van der Waals surface area contributed by atoms with Gasteiger partial charge in [-0.15, -0.1) is 0 Å². The van der Waals surface area contributed by atoms with Crippen LogP contribution in [0.15, 0.2) is 28.7 Å². The van der Waals surface area contributed by atoms with Crippen LogP contribution >= 0.6 is 15.9 Å². The van der Waals surface area contributed by atoms with E-state index in [1.54, 1.807) is 0 Å². The smallest absolute Gasteiger partial charge is 0.280 e. The molecule has 0 N–H and O–H groups in total. The van der Waals surface area contributed by atoms with E-state index < -0.39 is 5.97 Å². The minimum Gasteiger partial charge on any atom is -0.327 e. The third-order valence-corrected chi connectivity index (χ3v) is 3.62. The first kappa shape index (κ1) is 10.7. The molecule has 3 aliphatic heterocycles. The van der Waals surface area contributed by atoms with E-state index in [1.165, 1.54) is 5.56 Å². The van der Waals surface area contributed by atoms with Gasteiger partial charge in [0.25, 0.3) is 5.97 Å². The Morgan fingerprint density at radius 2 is 1.81 bits per heavy atom. The Hall–Kier alpha value is -0.420. The summed E-state index contributed by atoms with van der Waals surface area (Å²) in [7, 11) is 0. The molecule has 16 heavy (non-hydrogen) atoms. The summed E-state index contributed by atoms with van der Waals surface area (Å²) in [6.45, 7) is 3.24. The number of fused-ring (bicyclic) bond motifs is 3. The molecule has 3 heterocycles. The van der Waals surface area contributed by atoms with E-state index in [1.807, 2.05) is 19.1 Å². The molecule has 0 aliphatic carbocycles. The topological polar surface area (TPSA) is 27.7 Å². The van der Waals surface area contributed by atoms with Crippen LogP contribution in [0.25, 0.3) is 0 Å². The SMILES string of the molecule is CC12OCC(CO1)C(c1ccc(Br)cc1)O2. The van der Waals surface area contributed by atoms with Crippen LogP contribution in [0.2, 0.25) is 0 Å². The normalized spacial score (nSPS) is 37.6. The standard InChI is InChI=1S/C12H13BrO3/c1-12-14-6-9(7-15-12)11(16-12)8-2-4-10(13)5-3-8/h2-5,9,11H,6-7H2,1H3. The van der Waals surface area contributed by atoms with E-state index in [-0.39, 0.29) is 6.10 Å². The second-order valence-electron chi connectivity index (χ2n) is 4.33. The molecule has 1 aromatic rings. The van der Waals surface area contributed by atoms with Crippen LogP contribution in [0.3, 0.4) is 0 Å². The molecule has 1 unspecified atom stereocenters. The molecule has 1 aromatic carbocycles. The number of benzene rings is 1. The van der Waals surface area contributed by atoms with Crippen LogP contribution in [-0.4, -0.2) is 19.2 Å². The highest BCUT2D eigenvalue weighted by molar-refractivity contribution is 9.10. The Morgan fingerprint density at radius 1 is 1.19 bits per heavy atom. The number of hydrogen-bond acceptors (Lipinski definition) is 3. The van der Waals surface area contributed by atoms with Crippen LogP contribution < -0.4 is 0 Å². The summed E-state index contributed by atoms with van der Waals surface area (Å²) in [4.78, 5) is 0. The first-order chi connectivity index (χ1) is 7.66. The molecule has 2 bridgehead atoms. The molecular formula is C12H13BrO3. The van der Waals surface area contributed by atoms with Gasteiger partial charge >= 0.3 is 0 Å². The van der Waals surface area contributed by atoms with E-state index in [9.17, 15) is 0 Å². The summed E-state index contributed by atoms with van der Waals surface area (Å²) in [6, 6.07) is 8.23. The van der Waals surface area contributed by atoms with Crippen LogP contribution in [-0.2, 0) is 14.2 Å². The maximum absolute atomic E-state index is 5.84. The number of halogens is 1. The van der Waals surface area contributed by atoms with E-state index in [2.05, 4.69) is 28.1 Å². The lowest BCUT2D eigenvalue weighted by Gasteiger charge is -2.48. The zero-order valence-electron chi connectivity index (χ0n) is 8.98. The highest BCUT2D eigenvalue weighted by Gasteiger charge is 2.46. The summed E-state index contributed by atoms with van der Waals surface area (Å²) in [5.41, 5.74) is 1.19. The average molecular weight is 285 g/mol. The van der Waals surface area contributed by atoms with Gasteiger partial charge in [0, 0.05) is 17.3 Å². The van der Waals surface area contributed by atoms with Gasteiger partial charge in [-0.25, -0.2) is 0 Å². The van der Waals surface area contributed by atoms with Gasteiger partial charge in [0.2, 0.25) is 0 Å². The zero-order valence-corrected chi connectivity index (χ0v) is 10.6. The van der Waals surface area contributed by atoms with Gasteiger partial charge in [-0.05, 0) is 17.7 Å². The van der Waals surface area contributed by atoms with E-state index in [4.69, 9.17) is 14.2 Å². The number of hydrogen-bond donors (Lipinski definition) is 0. The molecule has 3 nitrogen and oxygen atoms in total. The van der Waals surface area contributed by atoms with Crippen molar-refractivity contribution in [2.75, 3.05) is 13.2 Å². The Bertz CT molecular complexity index is 382. The molecular weight excluding hydrogens is 272 g/mol. The monoisotopic (exact) mass is 284 g/mol. The molecule has 3 aliphatic rings. The van der Waals surface area contributed by atoms with Crippen molar-refractivity contribution in [3.05, 3.63) is 34.3 Å². The maximum atomic E-state index is 5.84. The third-order valence-electron chi connectivity index (χ3n) is 3.09. The minimum absolute atomic E-state index is 0.0839. The number of ether oxygens (including phenoxy) is 3. The molecule has 4 heteroatoms. The van der Waals surface area contributed by atoms with Crippen molar-refractivity contribution in [1.82, 2.24) is 0 Å². The van der Waals surface area contributed by atoms with Gasteiger partial charge in [-0.1, -0.05) is 28.1 Å². The average Bonchev–Trinajstić information content (AvgIpc) is 2.30. The Balaban J connectivity index is 1.88. The van der Waals surface area contributed by atoms with Gasteiger partial charge in [0.1, 0.15) is 0 Å². The van der Waals surface area contributed by atoms with Gasteiger partial charge in [0.05, 0.1) is 19.3 Å². The molecule has 0 spiro atoms. The molecule has 86 valence electrons. The minimum atomic E-state index is -0.855. The quantitative estimate of drug-likeness (QED) is 0.794. The summed E-state index contributed by atoms with van der Waals surface area (Å²) in [6.07, 6.45) is 0.0839. The summed E-state index contributed by atoms with van der Waals surface area (Å²) in [5.74, 6) is -0.560. The Morgan fingerprint density at radius 3 is 2.38 bits per heavy atom. The van der Waals surface area contributed by atoms with Crippen LogP contribution in [0.5, 0.6) is 0 Å². The number of rotatable bonds is 1. The highest BCUT2D eigenvalue weighted by Crippen LogP contribution is 2.42. The molecule has 0 saturated carbocycles. The lowest BCUT2D eigenvalue weighted by atomic mass is 9.94. The van der Waals surface area contributed by atoms with Crippen LogP contribution in [0.1, 0.15) is 18.6 Å². The Labute approximate surface area is 103 Å². The van der Waals surface area contributed by atoms with Crippen molar-refractivity contribution in [1.29, 1.82) is 0 Å². The van der Waals surface area contributed by atoms with Crippen molar-refractivity contribution >= 4 is 15.9 Å². The van der Waals surface area contributed by atoms with E-state index in [0.29, 0.717) is 19.1 Å². The molecule has 0 aromatic heterocycles. The molecule has 4 rings (SSSR count). The largest absolute Gasteiger partial charge is 0.327 e. The first-order valence-electron chi connectivity index (χ1n) is 5.37. The summed E-state index contributed by atoms with van der Waals surface area (Å²) in [5, 5.41) is 0. The van der Waals surface area contributed by atoms with Crippen LogP contribution in [0.4, 0.5) is 0 Å². The van der Waals surface area contributed by atoms with E-state index >= 15 is 0 Å². The van der Waals surface area contributed by atoms with Crippen LogP contribution in [0, 0.1) is 5.92 Å². The van der Waals surface area contributed by atoms with Gasteiger partial charge in [-0.2, -0.15) is 0 Å².